The van der Waals surface area contributed by atoms with Crippen LogP contribution in [0.1, 0.15) is 55.2 Å². The number of aryl methyl sites for hydroxylation is 2. The van der Waals surface area contributed by atoms with Crippen LogP contribution in [0.3, 0.4) is 0 Å². The molecule has 3 heterocycles. The van der Waals surface area contributed by atoms with Crippen molar-refractivity contribution in [1.82, 2.24) is 19.3 Å². The largest absolute Gasteiger partial charge is 0.360 e. The van der Waals surface area contributed by atoms with Gasteiger partial charge in [0.2, 0.25) is 15.9 Å². The second-order valence-corrected chi connectivity index (χ2v) is 11.7. The summed E-state index contributed by atoms with van der Waals surface area (Å²) in [4.78, 5) is 17.7. The molecule has 186 valence electrons. The Bertz CT molecular complexity index is 1080. The van der Waals surface area contributed by atoms with E-state index in [4.69, 9.17) is 4.52 Å². The van der Waals surface area contributed by atoms with Crippen LogP contribution in [0.4, 0.5) is 0 Å². The SMILES string of the molecule is Cc1noc(C)c1S(=O)(=O)N1CCCC(C(=O)N2CCN(Cc3ccc(C(C)C)cc3)CC2)C1. The van der Waals surface area contributed by atoms with Crippen molar-refractivity contribution in [2.45, 2.75) is 57.9 Å². The summed E-state index contributed by atoms with van der Waals surface area (Å²) in [6.45, 7) is 12.2. The summed E-state index contributed by atoms with van der Waals surface area (Å²) in [5, 5.41) is 3.79. The quantitative estimate of drug-likeness (QED) is 0.621. The molecule has 2 aromatic rings. The highest BCUT2D eigenvalue weighted by atomic mass is 32.2. The summed E-state index contributed by atoms with van der Waals surface area (Å²) >= 11 is 0. The first kappa shape index (κ1) is 24.9. The zero-order chi connectivity index (χ0) is 24.5. The van der Waals surface area contributed by atoms with Gasteiger partial charge in [-0.05, 0) is 43.7 Å². The van der Waals surface area contributed by atoms with Gasteiger partial charge in [0, 0.05) is 45.8 Å². The third-order valence-corrected chi connectivity index (χ3v) is 9.15. The van der Waals surface area contributed by atoms with Crippen molar-refractivity contribution in [2.24, 2.45) is 5.92 Å². The van der Waals surface area contributed by atoms with Gasteiger partial charge in [0.1, 0.15) is 10.6 Å². The molecule has 1 unspecified atom stereocenters. The smallest absolute Gasteiger partial charge is 0.248 e. The van der Waals surface area contributed by atoms with Crippen LogP contribution in [0, 0.1) is 19.8 Å². The molecule has 8 nitrogen and oxygen atoms in total. The maximum absolute atomic E-state index is 13.3. The summed E-state index contributed by atoms with van der Waals surface area (Å²) in [5.41, 5.74) is 3.00. The van der Waals surface area contributed by atoms with Gasteiger partial charge in [-0.2, -0.15) is 4.31 Å². The van der Waals surface area contributed by atoms with E-state index in [-0.39, 0.29) is 23.3 Å². The Hall–Kier alpha value is -2.23. The molecule has 1 amide bonds. The minimum Gasteiger partial charge on any atom is -0.360 e. The highest BCUT2D eigenvalue weighted by Crippen LogP contribution is 2.28. The second kappa shape index (κ2) is 10.2. The molecule has 2 saturated heterocycles. The molecular weight excluding hydrogens is 452 g/mol. The minimum atomic E-state index is -3.73. The van der Waals surface area contributed by atoms with Crippen molar-refractivity contribution < 1.29 is 17.7 Å². The average Bonchev–Trinajstić information content (AvgIpc) is 3.18. The monoisotopic (exact) mass is 488 g/mol. The maximum Gasteiger partial charge on any atom is 0.248 e. The highest BCUT2D eigenvalue weighted by Gasteiger charge is 2.38. The lowest BCUT2D eigenvalue weighted by Crippen LogP contribution is -2.52. The number of piperidine rings is 1. The topological polar surface area (TPSA) is 87.0 Å². The van der Waals surface area contributed by atoms with Crippen LogP contribution in [0.25, 0.3) is 0 Å². The van der Waals surface area contributed by atoms with Crippen molar-refractivity contribution in [1.29, 1.82) is 0 Å². The predicted molar refractivity (Wildman–Crippen MR) is 130 cm³/mol. The summed E-state index contributed by atoms with van der Waals surface area (Å²) in [6.07, 6.45) is 1.39. The van der Waals surface area contributed by atoms with Crippen LogP contribution in [-0.4, -0.2) is 72.9 Å². The molecule has 4 rings (SSSR count). The van der Waals surface area contributed by atoms with Gasteiger partial charge in [0.05, 0.1) is 5.92 Å². The van der Waals surface area contributed by atoms with Gasteiger partial charge in [-0.3, -0.25) is 9.69 Å². The molecule has 0 spiro atoms. The predicted octanol–water partition coefficient (Wildman–Crippen LogP) is 3.16. The van der Waals surface area contributed by atoms with Crippen molar-refractivity contribution in [3.05, 3.63) is 46.8 Å². The first-order valence-corrected chi connectivity index (χ1v) is 13.6. The van der Waals surface area contributed by atoms with Crippen LogP contribution in [0.5, 0.6) is 0 Å². The molecule has 9 heteroatoms. The Kier molecular flexibility index (Phi) is 7.45. The molecule has 1 aromatic carbocycles. The molecule has 0 saturated carbocycles. The standard InChI is InChI=1S/C25H36N4O4S/c1-18(2)22-9-7-21(8-10-22)16-27-12-14-28(15-13-27)25(30)23-6-5-11-29(17-23)34(31,32)24-19(3)26-33-20(24)4/h7-10,18,23H,5-6,11-17H2,1-4H3. The van der Waals surface area contributed by atoms with Crippen molar-refractivity contribution in [3.8, 4) is 0 Å². The number of amides is 1. The number of nitrogens with zero attached hydrogens (tertiary/aromatic N) is 4. The number of benzene rings is 1. The number of carbonyl (C=O) groups excluding carboxylic acids is 1. The normalized spacial score (nSPS) is 20.7. The fourth-order valence-electron chi connectivity index (χ4n) is 4.98. The Morgan fingerprint density at radius 2 is 1.76 bits per heavy atom. The van der Waals surface area contributed by atoms with Gasteiger partial charge in [-0.15, -0.1) is 0 Å². The molecule has 0 aliphatic carbocycles. The number of sulfonamides is 1. The van der Waals surface area contributed by atoms with Crippen molar-refractivity contribution in [3.63, 3.8) is 0 Å². The van der Waals surface area contributed by atoms with E-state index >= 15 is 0 Å². The third kappa shape index (κ3) is 5.21. The molecule has 1 aromatic heterocycles. The van der Waals surface area contributed by atoms with Crippen LogP contribution in [0.2, 0.25) is 0 Å². The Morgan fingerprint density at radius 1 is 1.09 bits per heavy atom. The van der Waals surface area contributed by atoms with Gasteiger partial charge >= 0.3 is 0 Å². The fourth-order valence-corrected chi connectivity index (χ4v) is 6.80. The van der Waals surface area contributed by atoms with Crippen LogP contribution in [0.15, 0.2) is 33.7 Å². The molecule has 34 heavy (non-hydrogen) atoms. The number of aromatic nitrogens is 1. The van der Waals surface area contributed by atoms with Crippen LogP contribution >= 0.6 is 0 Å². The lowest BCUT2D eigenvalue weighted by molar-refractivity contribution is -0.138. The lowest BCUT2D eigenvalue weighted by atomic mass is 9.97. The number of hydrogen-bond donors (Lipinski definition) is 0. The number of hydrogen-bond acceptors (Lipinski definition) is 6. The maximum atomic E-state index is 13.3. The molecule has 2 aliphatic rings. The van der Waals surface area contributed by atoms with Crippen molar-refractivity contribution in [2.75, 3.05) is 39.3 Å². The van der Waals surface area contributed by atoms with Crippen LogP contribution < -0.4 is 0 Å². The van der Waals surface area contributed by atoms with Crippen LogP contribution in [-0.2, 0) is 21.4 Å². The van der Waals surface area contributed by atoms with E-state index in [0.29, 0.717) is 43.4 Å². The van der Waals surface area contributed by atoms with Gasteiger partial charge in [0.25, 0.3) is 0 Å². The van der Waals surface area contributed by atoms with E-state index in [1.54, 1.807) is 13.8 Å². The number of rotatable bonds is 6. The zero-order valence-corrected chi connectivity index (χ0v) is 21.5. The number of piperazine rings is 1. The first-order valence-electron chi connectivity index (χ1n) is 12.2. The molecule has 2 fully saturated rings. The highest BCUT2D eigenvalue weighted by molar-refractivity contribution is 7.89. The Balaban J connectivity index is 1.33. The number of carbonyl (C=O) groups is 1. The Morgan fingerprint density at radius 3 is 2.35 bits per heavy atom. The van der Waals surface area contributed by atoms with E-state index < -0.39 is 10.0 Å². The minimum absolute atomic E-state index is 0.0691. The molecule has 1 atom stereocenters. The van der Waals surface area contributed by atoms with E-state index in [0.717, 1.165) is 26.1 Å². The molecule has 0 bridgehead atoms. The summed E-state index contributed by atoms with van der Waals surface area (Å²) < 4.78 is 32.9. The Labute approximate surface area is 202 Å². The van der Waals surface area contributed by atoms with E-state index in [2.05, 4.69) is 48.2 Å². The third-order valence-electron chi connectivity index (χ3n) is 7.04. The van der Waals surface area contributed by atoms with Gasteiger partial charge in [-0.25, -0.2) is 8.42 Å². The van der Waals surface area contributed by atoms with Gasteiger partial charge in [-0.1, -0.05) is 43.3 Å². The average molecular weight is 489 g/mol. The van der Waals surface area contributed by atoms with E-state index in [1.165, 1.54) is 15.4 Å². The van der Waals surface area contributed by atoms with E-state index in [9.17, 15) is 13.2 Å². The fraction of sp³-hybridized carbons (Fsp3) is 0.600. The van der Waals surface area contributed by atoms with Gasteiger partial charge in [0.15, 0.2) is 5.76 Å². The molecule has 2 aliphatic heterocycles. The summed E-state index contributed by atoms with van der Waals surface area (Å²) in [6, 6.07) is 8.79. The summed E-state index contributed by atoms with van der Waals surface area (Å²) in [7, 11) is -3.73. The molecular formula is C25H36N4O4S. The van der Waals surface area contributed by atoms with Gasteiger partial charge < -0.3 is 9.42 Å². The first-order chi connectivity index (χ1) is 16.2. The lowest BCUT2D eigenvalue weighted by Gasteiger charge is -2.38. The zero-order valence-electron chi connectivity index (χ0n) is 20.7. The van der Waals surface area contributed by atoms with Crippen molar-refractivity contribution >= 4 is 15.9 Å². The molecule has 0 radical (unpaired) electrons. The summed E-state index contributed by atoms with van der Waals surface area (Å²) in [5.74, 6) is 0.582. The van der Waals surface area contributed by atoms with E-state index in [1.807, 2.05) is 4.90 Å². The second-order valence-electron chi connectivity index (χ2n) is 9.85. The molecule has 0 N–H and O–H groups in total.